The first kappa shape index (κ1) is 65.0. The van der Waals surface area contributed by atoms with E-state index in [-0.39, 0.29) is 36.9 Å². The zero-order chi connectivity index (χ0) is 59.6. The minimum absolute atomic E-state index is 0.0154. The van der Waals surface area contributed by atoms with E-state index in [2.05, 4.69) is 113 Å². The molecular formula is C74H104B2N2O6. The first-order valence-corrected chi connectivity index (χ1v) is 33.7. The van der Waals surface area contributed by atoms with Crippen LogP contribution in [0.5, 0.6) is 0 Å². The molecule has 4 aliphatic rings. The van der Waals surface area contributed by atoms with Gasteiger partial charge in [0, 0.05) is 63.4 Å². The summed E-state index contributed by atoms with van der Waals surface area (Å²) >= 11 is 0. The van der Waals surface area contributed by atoms with Crippen LogP contribution in [0.2, 0.25) is 0 Å². The Morgan fingerprint density at radius 2 is 0.762 bits per heavy atom. The third-order valence-electron chi connectivity index (χ3n) is 19.2. The summed E-state index contributed by atoms with van der Waals surface area (Å²) in [6, 6.07) is 32.1. The average Bonchev–Trinajstić information content (AvgIpc) is 1.62. The number of aryl methyl sites for hydroxylation is 2. The largest absolute Gasteiger partial charge is 0.493 e. The highest BCUT2D eigenvalue weighted by molar-refractivity contribution is 6.62. The monoisotopic (exact) mass is 1140 g/mol. The van der Waals surface area contributed by atoms with E-state index in [4.69, 9.17) is 18.6 Å². The Labute approximate surface area is 509 Å². The Bertz CT molecular complexity index is 2840. The first-order valence-electron chi connectivity index (χ1n) is 33.7. The quantitative estimate of drug-likeness (QED) is 0.0351. The van der Waals surface area contributed by atoms with Crippen molar-refractivity contribution in [2.24, 2.45) is 0 Å². The zero-order valence-corrected chi connectivity index (χ0v) is 53.8. The van der Waals surface area contributed by atoms with Crippen LogP contribution in [-0.2, 0) is 29.4 Å². The highest BCUT2D eigenvalue weighted by Crippen LogP contribution is 2.56. The van der Waals surface area contributed by atoms with Gasteiger partial charge in [-0.15, -0.1) is 0 Å². The van der Waals surface area contributed by atoms with Crippen LogP contribution in [0.25, 0.3) is 33.4 Å². The maximum atomic E-state index is 14.4. The van der Waals surface area contributed by atoms with Crippen LogP contribution in [0.1, 0.15) is 251 Å². The van der Waals surface area contributed by atoms with Crippen molar-refractivity contribution in [1.29, 1.82) is 0 Å². The Kier molecular flexibility index (Phi) is 24.4. The molecule has 84 heavy (non-hydrogen) atoms. The molecule has 452 valence electrons. The van der Waals surface area contributed by atoms with Gasteiger partial charge in [-0.05, 0) is 158 Å². The van der Waals surface area contributed by atoms with Gasteiger partial charge in [0.15, 0.2) is 0 Å². The Hall–Kier alpha value is -4.99. The molecule has 0 saturated carbocycles. The fraction of sp³-hybridized carbons (Fsp3) is 0.568. The van der Waals surface area contributed by atoms with Crippen LogP contribution in [0, 0.1) is 13.8 Å². The Balaban J connectivity index is 0.000000225. The summed E-state index contributed by atoms with van der Waals surface area (Å²) in [6.45, 7) is 26.9. The number of unbranched alkanes of at least 4 members (excludes halogenated alkanes) is 12. The molecule has 2 amide bonds. The standard InChI is InChI=1S/C43H60N2O2.C31H44B2O4/c1-9-15-17-19-27-43(28-20-18-16-10-2)37-29-31(7)21-24-35(37)36-26-23-33(30-38(36)43)34-25-22-32(8)39(41(46)44(11-3)12-4)40(34)42(47)45(13-5)14-6;1-3-5-7-9-17-31(18-10-8-6-4-2)29-23-25(32-34-19-11-20-35-32)13-15-27(29)28-16-14-26(24-30(28)31)33-36-21-12-22-37-33/h21-26,29-30H,9-20,27-28H2,1-8H3;13-16,23-24H,3-12,17-22H2,1-2H3. The van der Waals surface area contributed by atoms with E-state index in [0.717, 1.165) is 79.7 Å². The number of rotatable bonds is 29. The normalized spacial score (nSPS) is 15.5. The van der Waals surface area contributed by atoms with Gasteiger partial charge in [-0.1, -0.05) is 215 Å². The van der Waals surface area contributed by atoms with Crippen molar-refractivity contribution in [3.63, 3.8) is 0 Å². The van der Waals surface area contributed by atoms with Gasteiger partial charge in [0.25, 0.3) is 11.8 Å². The maximum Gasteiger partial charge on any atom is 0.493 e. The number of fused-ring (bicyclic) bond motifs is 6. The average molecular weight is 1140 g/mol. The predicted molar refractivity (Wildman–Crippen MR) is 354 cm³/mol. The lowest BCUT2D eigenvalue weighted by molar-refractivity contribution is 0.0733. The molecule has 2 fully saturated rings. The molecule has 0 radical (unpaired) electrons. The Morgan fingerprint density at radius 1 is 0.405 bits per heavy atom. The minimum Gasteiger partial charge on any atom is -0.407 e. The van der Waals surface area contributed by atoms with Gasteiger partial charge in [0.05, 0.1) is 11.1 Å². The second-order valence-electron chi connectivity index (χ2n) is 24.8. The van der Waals surface area contributed by atoms with Gasteiger partial charge in [-0.25, -0.2) is 0 Å². The summed E-state index contributed by atoms with van der Waals surface area (Å²) in [6.07, 6.45) is 26.7. The maximum absolute atomic E-state index is 14.4. The molecular weight excluding hydrogens is 1030 g/mol. The lowest BCUT2D eigenvalue weighted by atomic mass is 9.67. The number of benzene rings is 5. The van der Waals surface area contributed by atoms with Crippen LogP contribution >= 0.6 is 0 Å². The molecule has 0 spiro atoms. The lowest BCUT2D eigenvalue weighted by Gasteiger charge is -2.34. The first-order chi connectivity index (χ1) is 41.0. The number of amides is 2. The molecule has 2 heterocycles. The number of carbonyl (C=O) groups excluding carboxylic acids is 2. The van der Waals surface area contributed by atoms with Gasteiger partial charge in [-0.2, -0.15) is 0 Å². The van der Waals surface area contributed by atoms with Gasteiger partial charge < -0.3 is 28.4 Å². The van der Waals surface area contributed by atoms with Gasteiger partial charge in [0.2, 0.25) is 0 Å². The smallest absolute Gasteiger partial charge is 0.407 e. The number of hydrogen-bond donors (Lipinski definition) is 0. The van der Waals surface area contributed by atoms with Crippen molar-refractivity contribution >= 4 is 37.0 Å². The molecule has 2 aliphatic carbocycles. The van der Waals surface area contributed by atoms with Gasteiger partial charge in [-0.3, -0.25) is 9.59 Å². The van der Waals surface area contributed by atoms with Crippen molar-refractivity contribution in [2.45, 2.75) is 221 Å². The highest BCUT2D eigenvalue weighted by Gasteiger charge is 2.45. The van der Waals surface area contributed by atoms with Gasteiger partial charge in [0.1, 0.15) is 0 Å². The fourth-order valence-corrected chi connectivity index (χ4v) is 14.5. The molecule has 0 aromatic heterocycles. The molecule has 5 aromatic carbocycles. The zero-order valence-electron chi connectivity index (χ0n) is 53.8. The molecule has 0 N–H and O–H groups in total. The van der Waals surface area contributed by atoms with Crippen LogP contribution < -0.4 is 10.9 Å². The SMILES string of the molecule is CCCCCCC1(CCCCCC)c2cc(B3OCCCO3)ccc2-c2ccc(B3OCCCO3)cc21.CCCCCCC1(CCCCCC)c2cc(C)ccc2-c2ccc(-c3ccc(C)c(C(=O)N(CC)CC)c3C(=O)N(CC)CC)cc21. The summed E-state index contributed by atoms with van der Waals surface area (Å²) in [7, 11) is -0.500. The topological polar surface area (TPSA) is 77.5 Å². The third kappa shape index (κ3) is 14.4. The van der Waals surface area contributed by atoms with E-state index in [1.54, 1.807) is 0 Å². The predicted octanol–water partition coefficient (Wildman–Crippen LogP) is 17.3. The van der Waals surface area contributed by atoms with E-state index in [1.165, 1.54) is 166 Å². The molecule has 0 bridgehead atoms. The van der Waals surface area contributed by atoms with E-state index >= 15 is 0 Å². The number of carbonyl (C=O) groups is 2. The van der Waals surface area contributed by atoms with Gasteiger partial charge >= 0.3 is 14.2 Å². The van der Waals surface area contributed by atoms with Crippen molar-refractivity contribution in [2.75, 3.05) is 52.6 Å². The molecule has 0 unspecified atom stereocenters. The van der Waals surface area contributed by atoms with Crippen LogP contribution in [0.3, 0.4) is 0 Å². The van der Waals surface area contributed by atoms with Crippen molar-refractivity contribution in [3.8, 4) is 33.4 Å². The molecule has 0 atom stereocenters. The Morgan fingerprint density at radius 3 is 1.17 bits per heavy atom. The third-order valence-corrected chi connectivity index (χ3v) is 19.2. The molecule has 2 aliphatic heterocycles. The van der Waals surface area contributed by atoms with Crippen molar-refractivity contribution in [1.82, 2.24) is 9.80 Å². The molecule has 10 heteroatoms. The summed E-state index contributed by atoms with van der Waals surface area (Å²) in [5.41, 5.74) is 18.8. The van der Waals surface area contributed by atoms with Crippen LogP contribution in [-0.4, -0.2) is 88.5 Å². The van der Waals surface area contributed by atoms with Crippen LogP contribution in [0.15, 0.2) is 84.9 Å². The van der Waals surface area contributed by atoms with E-state index in [0.29, 0.717) is 37.3 Å². The molecule has 8 nitrogen and oxygen atoms in total. The number of hydrogen-bond acceptors (Lipinski definition) is 6. The van der Waals surface area contributed by atoms with E-state index in [1.807, 2.05) is 50.5 Å². The lowest BCUT2D eigenvalue weighted by Crippen LogP contribution is -2.42. The molecule has 5 aromatic rings. The molecule has 9 rings (SSSR count). The van der Waals surface area contributed by atoms with Crippen molar-refractivity contribution < 1.29 is 28.2 Å². The van der Waals surface area contributed by atoms with Crippen molar-refractivity contribution in [3.05, 3.63) is 129 Å². The summed E-state index contributed by atoms with van der Waals surface area (Å²) in [5, 5.41) is 0. The second-order valence-corrected chi connectivity index (χ2v) is 24.8. The summed E-state index contributed by atoms with van der Waals surface area (Å²) in [4.78, 5) is 32.2. The van der Waals surface area contributed by atoms with Crippen LogP contribution in [0.4, 0.5) is 0 Å². The second kappa shape index (κ2) is 31.6. The highest BCUT2D eigenvalue weighted by atomic mass is 16.6. The number of nitrogens with zero attached hydrogens (tertiary/aromatic N) is 2. The van der Waals surface area contributed by atoms with E-state index in [9.17, 15) is 9.59 Å². The summed E-state index contributed by atoms with van der Waals surface area (Å²) < 4.78 is 24.2. The van der Waals surface area contributed by atoms with E-state index < -0.39 is 0 Å². The minimum atomic E-state index is -0.250. The fourth-order valence-electron chi connectivity index (χ4n) is 14.5. The summed E-state index contributed by atoms with van der Waals surface area (Å²) in [5.74, 6) is -0.121. The molecule has 2 saturated heterocycles.